The van der Waals surface area contributed by atoms with Crippen molar-refractivity contribution < 1.29 is 32.7 Å². The van der Waals surface area contributed by atoms with Crippen molar-refractivity contribution >= 4 is 29.4 Å². The van der Waals surface area contributed by atoms with E-state index in [2.05, 4.69) is 5.32 Å². The molecule has 28 heavy (non-hydrogen) atoms. The van der Waals surface area contributed by atoms with Crippen molar-refractivity contribution in [1.29, 1.82) is 0 Å². The van der Waals surface area contributed by atoms with Crippen molar-refractivity contribution in [2.75, 3.05) is 11.9 Å². The molecular weight excluding hydrogens is 374 g/mol. The molecule has 148 valence electrons. The van der Waals surface area contributed by atoms with Crippen molar-refractivity contribution in [3.05, 3.63) is 42.0 Å². The van der Waals surface area contributed by atoms with Gasteiger partial charge in [-0.05, 0) is 31.9 Å². The summed E-state index contributed by atoms with van der Waals surface area (Å²) in [5.74, 6) is -5.64. The number of hydrogen-bond acceptors (Lipinski definition) is 5. The number of carbonyl (C=O) groups is 4. The fourth-order valence-electron chi connectivity index (χ4n) is 3.26. The van der Waals surface area contributed by atoms with Crippen molar-refractivity contribution in [3.8, 4) is 0 Å². The number of likely N-dealkylation sites (tertiary alicyclic amines) is 1. The van der Waals surface area contributed by atoms with E-state index in [0.717, 1.165) is 23.1 Å². The van der Waals surface area contributed by atoms with Gasteiger partial charge >= 0.3 is 5.97 Å². The number of rotatable bonds is 5. The van der Waals surface area contributed by atoms with Gasteiger partial charge in [0.15, 0.2) is 17.7 Å². The first-order valence-corrected chi connectivity index (χ1v) is 8.73. The van der Waals surface area contributed by atoms with Crippen LogP contribution in [-0.4, -0.2) is 41.2 Å². The van der Waals surface area contributed by atoms with E-state index in [4.69, 9.17) is 4.74 Å². The Morgan fingerprint density at radius 2 is 1.75 bits per heavy atom. The van der Waals surface area contributed by atoms with Crippen LogP contribution >= 0.6 is 0 Å². The molecule has 0 bridgehead atoms. The van der Waals surface area contributed by atoms with Crippen LogP contribution < -0.4 is 5.32 Å². The number of amides is 3. The molecule has 0 unspecified atom stereocenters. The molecule has 1 aromatic carbocycles. The number of anilines is 1. The number of benzene rings is 1. The summed E-state index contributed by atoms with van der Waals surface area (Å²) in [4.78, 5) is 49.7. The Labute approximate surface area is 159 Å². The van der Waals surface area contributed by atoms with E-state index in [0.29, 0.717) is 12.8 Å². The van der Waals surface area contributed by atoms with E-state index in [-0.39, 0.29) is 5.69 Å². The second-order valence-corrected chi connectivity index (χ2v) is 6.67. The number of ether oxygens (including phenoxy) is 1. The summed E-state index contributed by atoms with van der Waals surface area (Å²) in [6.45, 7) is 0.706. The van der Waals surface area contributed by atoms with Gasteiger partial charge in [0.2, 0.25) is 11.8 Å². The zero-order chi connectivity index (χ0) is 20.4. The van der Waals surface area contributed by atoms with Crippen LogP contribution in [0.5, 0.6) is 0 Å². The predicted octanol–water partition coefficient (Wildman–Crippen LogP) is 1.79. The van der Waals surface area contributed by atoms with Crippen molar-refractivity contribution in [1.82, 2.24) is 4.90 Å². The molecule has 1 aliphatic heterocycles. The number of imide groups is 1. The molecule has 2 aliphatic rings. The molecule has 1 N–H and O–H groups in total. The molecule has 1 saturated heterocycles. The van der Waals surface area contributed by atoms with Crippen LogP contribution in [0.4, 0.5) is 14.5 Å². The van der Waals surface area contributed by atoms with Gasteiger partial charge in [-0.15, -0.1) is 0 Å². The molecule has 1 fully saturated rings. The zero-order valence-electron chi connectivity index (χ0n) is 15.0. The quantitative estimate of drug-likeness (QED) is 0.469. The van der Waals surface area contributed by atoms with Gasteiger partial charge in [-0.1, -0.05) is 12.2 Å². The maximum atomic E-state index is 13.2. The summed E-state index contributed by atoms with van der Waals surface area (Å²) in [7, 11) is 0. The van der Waals surface area contributed by atoms with E-state index in [1.165, 1.54) is 6.92 Å². The van der Waals surface area contributed by atoms with E-state index in [1.807, 2.05) is 12.2 Å². The normalized spacial score (nSPS) is 22.0. The minimum Gasteiger partial charge on any atom is -0.451 e. The second-order valence-electron chi connectivity index (χ2n) is 6.67. The highest BCUT2D eigenvalue weighted by atomic mass is 19.2. The highest BCUT2D eigenvalue weighted by Crippen LogP contribution is 2.34. The van der Waals surface area contributed by atoms with Crippen molar-refractivity contribution in [2.45, 2.75) is 25.9 Å². The largest absolute Gasteiger partial charge is 0.451 e. The van der Waals surface area contributed by atoms with Crippen LogP contribution in [0.1, 0.15) is 19.8 Å². The molecule has 9 heteroatoms. The first kappa shape index (κ1) is 19.7. The SMILES string of the molecule is C[C@@H](OC(=O)CN1C(=O)[C@H]2CC=CC[C@H]2C1=O)C(=O)Nc1ccc(F)c(F)c1. The van der Waals surface area contributed by atoms with Gasteiger partial charge in [0.25, 0.3) is 5.91 Å². The molecule has 1 aliphatic carbocycles. The van der Waals surface area contributed by atoms with E-state index in [9.17, 15) is 28.0 Å². The van der Waals surface area contributed by atoms with Crippen LogP contribution in [-0.2, 0) is 23.9 Å². The molecule has 3 rings (SSSR count). The smallest absolute Gasteiger partial charge is 0.326 e. The van der Waals surface area contributed by atoms with Gasteiger partial charge in [-0.2, -0.15) is 0 Å². The molecule has 1 heterocycles. The number of halogens is 2. The van der Waals surface area contributed by atoms with Crippen molar-refractivity contribution in [3.63, 3.8) is 0 Å². The summed E-state index contributed by atoms with van der Waals surface area (Å²) in [5, 5.41) is 2.29. The monoisotopic (exact) mass is 392 g/mol. The molecule has 0 saturated carbocycles. The molecule has 0 spiro atoms. The molecule has 0 radical (unpaired) electrons. The number of fused-ring (bicyclic) bond motifs is 1. The lowest BCUT2D eigenvalue weighted by atomic mass is 9.85. The Morgan fingerprint density at radius 1 is 1.14 bits per heavy atom. The maximum absolute atomic E-state index is 13.2. The third-order valence-electron chi connectivity index (χ3n) is 4.75. The number of esters is 1. The minimum atomic E-state index is -1.27. The highest BCUT2D eigenvalue weighted by Gasteiger charge is 2.47. The van der Waals surface area contributed by atoms with Crippen LogP contribution in [0.2, 0.25) is 0 Å². The summed E-state index contributed by atoms with van der Waals surface area (Å²) >= 11 is 0. The average molecular weight is 392 g/mol. The minimum absolute atomic E-state index is 0.00623. The first-order chi connectivity index (χ1) is 13.3. The Morgan fingerprint density at radius 3 is 2.32 bits per heavy atom. The predicted molar refractivity (Wildman–Crippen MR) is 92.6 cm³/mol. The van der Waals surface area contributed by atoms with E-state index in [1.54, 1.807) is 0 Å². The topological polar surface area (TPSA) is 92.8 Å². The van der Waals surface area contributed by atoms with E-state index < -0.39 is 59.8 Å². The third-order valence-corrected chi connectivity index (χ3v) is 4.75. The van der Waals surface area contributed by atoms with Crippen molar-refractivity contribution in [2.24, 2.45) is 11.8 Å². The van der Waals surface area contributed by atoms with Gasteiger partial charge < -0.3 is 10.1 Å². The number of hydrogen-bond donors (Lipinski definition) is 1. The van der Waals surface area contributed by atoms with Crippen LogP contribution in [0, 0.1) is 23.5 Å². The molecule has 1 aromatic rings. The molecule has 3 amide bonds. The van der Waals surface area contributed by atoms with Crippen LogP contribution in [0.15, 0.2) is 30.4 Å². The summed E-state index contributed by atoms with van der Waals surface area (Å²) in [5.41, 5.74) is -0.00623. The summed E-state index contributed by atoms with van der Waals surface area (Å²) < 4.78 is 31.1. The standard InChI is InChI=1S/C19H18F2N2O5/c1-10(17(25)22-11-6-7-14(20)15(21)8-11)28-16(24)9-23-18(26)12-4-2-3-5-13(12)19(23)27/h2-3,6-8,10,12-13H,4-5,9H2,1H3,(H,22,25)/t10-,12-,13+/m1/s1. The lowest BCUT2D eigenvalue weighted by Crippen LogP contribution is -2.39. The van der Waals surface area contributed by atoms with Gasteiger partial charge in [-0.3, -0.25) is 24.1 Å². The maximum Gasteiger partial charge on any atom is 0.326 e. The summed E-state index contributed by atoms with van der Waals surface area (Å²) in [6, 6.07) is 2.79. The zero-order valence-corrected chi connectivity index (χ0v) is 15.0. The lowest BCUT2D eigenvalue weighted by molar-refractivity contribution is -0.158. The number of allylic oxidation sites excluding steroid dienone is 2. The number of carbonyl (C=O) groups excluding carboxylic acids is 4. The molecular formula is C19H18F2N2O5. The molecule has 7 nitrogen and oxygen atoms in total. The van der Waals surface area contributed by atoms with Gasteiger partial charge in [-0.25, -0.2) is 8.78 Å². The number of nitrogens with one attached hydrogen (secondary N) is 1. The fraction of sp³-hybridized carbons (Fsp3) is 0.368. The first-order valence-electron chi connectivity index (χ1n) is 8.73. The Kier molecular flexibility index (Phi) is 5.53. The lowest BCUT2D eigenvalue weighted by Gasteiger charge is -2.17. The Balaban J connectivity index is 1.55. The second kappa shape index (κ2) is 7.87. The van der Waals surface area contributed by atoms with Crippen LogP contribution in [0.25, 0.3) is 0 Å². The van der Waals surface area contributed by atoms with E-state index >= 15 is 0 Å². The average Bonchev–Trinajstić information content (AvgIpc) is 2.90. The molecule has 3 atom stereocenters. The van der Waals surface area contributed by atoms with Gasteiger partial charge in [0.05, 0.1) is 11.8 Å². The Hall–Kier alpha value is -3.10. The molecule has 0 aromatic heterocycles. The summed E-state index contributed by atoms with van der Waals surface area (Å²) in [6.07, 6.45) is 3.30. The van der Waals surface area contributed by atoms with Crippen LogP contribution in [0.3, 0.4) is 0 Å². The number of nitrogens with zero attached hydrogens (tertiary/aromatic N) is 1. The third kappa shape index (κ3) is 3.92. The van der Waals surface area contributed by atoms with Gasteiger partial charge in [0.1, 0.15) is 6.54 Å². The Bertz CT molecular complexity index is 844. The fourth-order valence-corrected chi connectivity index (χ4v) is 3.26. The van der Waals surface area contributed by atoms with Gasteiger partial charge in [0, 0.05) is 11.8 Å². The highest BCUT2D eigenvalue weighted by molar-refractivity contribution is 6.07.